The fourth-order valence-corrected chi connectivity index (χ4v) is 3.40. The van der Waals surface area contributed by atoms with E-state index < -0.39 is 12.0 Å². The monoisotopic (exact) mass is 469 g/mol. The highest BCUT2D eigenvalue weighted by atomic mass is 16.5. The van der Waals surface area contributed by atoms with Crippen LogP contribution in [0.1, 0.15) is 23.7 Å². The van der Waals surface area contributed by atoms with E-state index in [-0.39, 0.29) is 0 Å². The lowest BCUT2D eigenvalue weighted by Gasteiger charge is -2.12. The Hall–Kier alpha value is -4.30. The number of hydrogen-bond acceptors (Lipinski definition) is 7. The molecule has 0 aliphatic heterocycles. The molecule has 2 heterocycles. The minimum atomic E-state index is -1.03. The van der Waals surface area contributed by atoms with Gasteiger partial charge in [-0.25, -0.2) is 9.97 Å². The van der Waals surface area contributed by atoms with Crippen molar-refractivity contribution in [2.24, 2.45) is 0 Å². The lowest BCUT2D eigenvalue weighted by Crippen LogP contribution is -2.32. The lowest BCUT2D eigenvalue weighted by atomic mass is 10.1. The van der Waals surface area contributed by atoms with Crippen molar-refractivity contribution in [2.45, 2.75) is 26.9 Å². The van der Waals surface area contributed by atoms with E-state index in [0.29, 0.717) is 18.1 Å². The number of rotatable bonds is 8. The average molecular weight is 470 g/mol. The van der Waals surface area contributed by atoms with E-state index >= 15 is 0 Å². The van der Waals surface area contributed by atoms with Crippen LogP contribution in [0.15, 0.2) is 67.1 Å². The summed E-state index contributed by atoms with van der Waals surface area (Å²) in [5.41, 5.74) is 4.53. The van der Waals surface area contributed by atoms with E-state index in [0.717, 1.165) is 39.2 Å². The maximum absolute atomic E-state index is 11.5. The predicted octanol–water partition coefficient (Wildman–Crippen LogP) is 4.69. The van der Waals surface area contributed by atoms with Crippen LogP contribution >= 0.6 is 0 Å². The number of carbonyl (C=O) groups excluding carboxylic acids is 1. The number of nitrogens with zero attached hydrogens (tertiary/aromatic N) is 3. The number of hydrogen-bond donors (Lipinski definition) is 3. The summed E-state index contributed by atoms with van der Waals surface area (Å²) in [5.74, 6) is 1.72. The van der Waals surface area contributed by atoms with Crippen molar-refractivity contribution in [3.8, 4) is 11.5 Å². The van der Waals surface area contributed by atoms with Gasteiger partial charge in [-0.15, -0.1) is 0 Å². The Morgan fingerprint density at radius 2 is 1.94 bits per heavy atom. The third-order valence-electron chi connectivity index (χ3n) is 5.29. The van der Waals surface area contributed by atoms with Crippen LogP contribution in [-0.4, -0.2) is 38.6 Å². The van der Waals surface area contributed by atoms with Gasteiger partial charge >= 0.3 is 0 Å². The molecular formula is C27H27N5O3. The Morgan fingerprint density at radius 1 is 1.09 bits per heavy atom. The number of fused-ring (bicyclic) bond motifs is 1. The number of benzene rings is 2. The van der Waals surface area contributed by atoms with Crippen molar-refractivity contribution in [1.29, 1.82) is 0 Å². The third-order valence-corrected chi connectivity index (χ3v) is 5.29. The van der Waals surface area contributed by atoms with Gasteiger partial charge in [0.1, 0.15) is 29.7 Å². The molecular weight excluding hydrogens is 442 g/mol. The minimum Gasteiger partial charge on any atom is -0.455 e. The van der Waals surface area contributed by atoms with Crippen molar-refractivity contribution in [1.82, 2.24) is 20.3 Å². The topological polar surface area (TPSA) is 109 Å². The first kappa shape index (κ1) is 23.8. The number of aryl methyl sites for hydroxylation is 2. The number of aliphatic hydroxyl groups is 1. The third kappa shape index (κ3) is 6.18. The van der Waals surface area contributed by atoms with Crippen molar-refractivity contribution in [3.05, 3.63) is 84.0 Å². The fourth-order valence-electron chi connectivity index (χ4n) is 3.40. The predicted molar refractivity (Wildman–Crippen MR) is 137 cm³/mol. The first-order chi connectivity index (χ1) is 16.9. The molecule has 1 unspecified atom stereocenters. The van der Waals surface area contributed by atoms with Crippen molar-refractivity contribution >= 4 is 34.4 Å². The van der Waals surface area contributed by atoms with Gasteiger partial charge < -0.3 is 20.5 Å². The standard InChI is InChI=1S/C27H27N5O3/c1-17-13-21(8-11-25(17)35-22-9-6-18(2)29-15-22)32-26-23-14-20(7-10-24(23)30-16-31-26)5-4-12-28-27(34)19(3)33/h4-11,13-16,19,33H,12H2,1-3H3,(H,28,34)(H,30,31,32). The van der Waals surface area contributed by atoms with Crippen LogP contribution in [-0.2, 0) is 4.79 Å². The van der Waals surface area contributed by atoms with Crippen LogP contribution in [0, 0.1) is 13.8 Å². The second kappa shape index (κ2) is 10.8. The summed E-state index contributed by atoms with van der Waals surface area (Å²) in [7, 11) is 0. The van der Waals surface area contributed by atoms with E-state index in [2.05, 4.69) is 25.6 Å². The Kier molecular flexibility index (Phi) is 7.32. The Labute approximate surface area is 203 Å². The van der Waals surface area contributed by atoms with Gasteiger partial charge in [-0.3, -0.25) is 9.78 Å². The molecule has 1 atom stereocenters. The van der Waals surface area contributed by atoms with Crippen LogP contribution < -0.4 is 15.4 Å². The summed E-state index contributed by atoms with van der Waals surface area (Å²) in [6.07, 6.45) is 5.93. The summed E-state index contributed by atoms with van der Waals surface area (Å²) in [4.78, 5) is 24.5. The van der Waals surface area contributed by atoms with Crippen molar-refractivity contribution in [2.75, 3.05) is 11.9 Å². The molecule has 4 rings (SSSR count). The number of nitrogens with one attached hydrogen (secondary N) is 2. The zero-order chi connectivity index (χ0) is 24.8. The van der Waals surface area contributed by atoms with Crippen molar-refractivity contribution in [3.63, 3.8) is 0 Å². The molecule has 35 heavy (non-hydrogen) atoms. The number of aromatic nitrogens is 3. The van der Waals surface area contributed by atoms with Gasteiger partial charge in [0.25, 0.3) is 0 Å². The number of carbonyl (C=O) groups is 1. The molecule has 0 radical (unpaired) electrons. The first-order valence-electron chi connectivity index (χ1n) is 11.2. The maximum atomic E-state index is 11.5. The second-order valence-electron chi connectivity index (χ2n) is 8.16. The number of ether oxygens (including phenoxy) is 1. The first-order valence-corrected chi connectivity index (χ1v) is 11.2. The van der Waals surface area contributed by atoms with Gasteiger partial charge in [0.15, 0.2) is 0 Å². The number of amides is 1. The zero-order valence-electron chi connectivity index (χ0n) is 19.8. The average Bonchev–Trinajstić information content (AvgIpc) is 2.85. The molecule has 4 aromatic rings. The van der Waals surface area contributed by atoms with Gasteiger partial charge in [0.2, 0.25) is 5.91 Å². The van der Waals surface area contributed by atoms with Crippen molar-refractivity contribution < 1.29 is 14.6 Å². The zero-order valence-corrected chi connectivity index (χ0v) is 19.8. The highest BCUT2D eigenvalue weighted by Crippen LogP contribution is 2.30. The van der Waals surface area contributed by atoms with Gasteiger partial charge in [-0.2, -0.15) is 0 Å². The lowest BCUT2D eigenvalue weighted by molar-refractivity contribution is -0.128. The smallest absolute Gasteiger partial charge is 0.248 e. The maximum Gasteiger partial charge on any atom is 0.248 e. The molecule has 2 aromatic carbocycles. The summed E-state index contributed by atoms with van der Waals surface area (Å²) in [6.45, 7) is 5.68. The van der Waals surface area contributed by atoms with Gasteiger partial charge in [-0.05, 0) is 74.4 Å². The summed E-state index contributed by atoms with van der Waals surface area (Å²) >= 11 is 0. The normalized spacial score (nSPS) is 12.0. The second-order valence-corrected chi connectivity index (χ2v) is 8.16. The van der Waals surface area contributed by atoms with Crippen LogP contribution in [0.4, 0.5) is 11.5 Å². The highest BCUT2D eigenvalue weighted by Gasteiger charge is 2.08. The molecule has 0 aliphatic rings. The van der Waals surface area contributed by atoms with E-state index in [1.165, 1.54) is 13.3 Å². The molecule has 0 bridgehead atoms. The Bertz CT molecular complexity index is 1370. The van der Waals surface area contributed by atoms with Crippen LogP contribution in [0.5, 0.6) is 11.5 Å². The number of aliphatic hydroxyl groups excluding tert-OH is 1. The molecule has 1 amide bonds. The molecule has 0 fully saturated rings. The van der Waals surface area contributed by atoms with E-state index in [4.69, 9.17) is 4.74 Å². The van der Waals surface area contributed by atoms with Gasteiger partial charge in [0.05, 0.1) is 11.7 Å². The summed E-state index contributed by atoms with van der Waals surface area (Å²) in [5, 5.41) is 16.1. The van der Waals surface area contributed by atoms with Gasteiger partial charge in [-0.1, -0.05) is 18.2 Å². The summed E-state index contributed by atoms with van der Waals surface area (Å²) < 4.78 is 5.97. The van der Waals surface area contributed by atoms with E-state index in [1.807, 2.05) is 74.5 Å². The summed E-state index contributed by atoms with van der Waals surface area (Å²) in [6, 6.07) is 15.5. The van der Waals surface area contributed by atoms with Crippen LogP contribution in [0.3, 0.4) is 0 Å². The highest BCUT2D eigenvalue weighted by molar-refractivity contribution is 5.92. The molecule has 0 saturated heterocycles. The van der Waals surface area contributed by atoms with E-state index in [1.54, 1.807) is 6.20 Å². The van der Waals surface area contributed by atoms with Crippen LogP contribution in [0.2, 0.25) is 0 Å². The SMILES string of the molecule is Cc1ccc(Oc2ccc(Nc3ncnc4ccc(C=CCNC(=O)C(C)O)cc34)cc2C)cn1. The molecule has 0 spiro atoms. The molecule has 8 heteroatoms. The minimum absolute atomic E-state index is 0.324. The Balaban J connectivity index is 1.50. The number of pyridine rings is 1. The fraction of sp³-hybridized carbons (Fsp3) is 0.185. The molecule has 0 aliphatic carbocycles. The largest absolute Gasteiger partial charge is 0.455 e. The molecule has 3 N–H and O–H groups in total. The van der Waals surface area contributed by atoms with E-state index in [9.17, 15) is 9.90 Å². The quantitative estimate of drug-likeness (QED) is 0.343. The molecule has 8 nitrogen and oxygen atoms in total. The number of anilines is 2. The van der Waals surface area contributed by atoms with Gasteiger partial charge in [0, 0.05) is 23.3 Å². The van der Waals surface area contributed by atoms with Crippen LogP contribution in [0.25, 0.3) is 17.0 Å². The molecule has 0 saturated carbocycles. The molecule has 178 valence electrons. The Morgan fingerprint density at radius 3 is 2.69 bits per heavy atom. The molecule has 2 aromatic heterocycles.